The van der Waals surface area contributed by atoms with Crippen LogP contribution in [0.5, 0.6) is 5.75 Å². The molecule has 1 aromatic carbocycles. The molecule has 106 valence electrons. The van der Waals surface area contributed by atoms with Gasteiger partial charge in [-0.15, -0.1) is 0 Å². The van der Waals surface area contributed by atoms with Crippen LogP contribution in [0.1, 0.15) is 30.0 Å². The first-order valence-corrected chi connectivity index (χ1v) is 7.11. The second kappa shape index (κ2) is 7.65. The summed E-state index contributed by atoms with van der Waals surface area (Å²) in [6, 6.07) is 10.3. The van der Waals surface area contributed by atoms with Gasteiger partial charge in [0.15, 0.2) is 0 Å². The molecule has 0 bridgehead atoms. The number of nitrogens with zero attached hydrogens (tertiary/aromatic N) is 1. The number of benzene rings is 1. The Morgan fingerprint density at radius 3 is 2.85 bits per heavy atom. The molecule has 20 heavy (non-hydrogen) atoms. The molecular formula is C17H22N2O. The lowest BCUT2D eigenvalue weighted by Crippen LogP contribution is -2.13. The fraction of sp³-hybridized carbons (Fsp3) is 0.353. The zero-order chi connectivity index (χ0) is 14.2. The first kappa shape index (κ1) is 14.5. The second-order valence-corrected chi connectivity index (χ2v) is 4.98. The van der Waals surface area contributed by atoms with Crippen molar-refractivity contribution in [2.24, 2.45) is 0 Å². The summed E-state index contributed by atoms with van der Waals surface area (Å²) in [5, 5.41) is 3.39. The molecule has 0 radical (unpaired) electrons. The number of hydrogen-bond donors (Lipinski definition) is 1. The van der Waals surface area contributed by atoms with Gasteiger partial charge in [-0.2, -0.15) is 0 Å². The summed E-state index contributed by atoms with van der Waals surface area (Å²) in [6.45, 7) is 6.69. The highest BCUT2D eigenvalue weighted by atomic mass is 16.5. The van der Waals surface area contributed by atoms with Crippen molar-refractivity contribution in [2.45, 2.75) is 33.4 Å². The second-order valence-electron chi connectivity index (χ2n) is 4.98. The third kappa shape index (κ3) is 4.67. The number of ether oxygens (including phenoxy) is 1. The number of nitrogens with one attached hydrogen (secondary N) is 1. The predicted octanol–water partition coefficient (Wildman–Crippen LogP) is 3.47. The molecule has 2 rings (SSSR count). The van der Waals surface area contributed by atoms with Crippen molar-refractivity contribution in [2.75, 3.05) is 6.54 Å². The van der Waals surface area contributed by atoms with E-state index in [1.807, 2.05) is 31.5 Å². The van der Waals surface area contributed by atoms with Crippen LogP contribution in [0.25, 0.3) is 0 Å². The smallest absolute Gasteiger partial charge is 0.120 e. The normalized spacial score (nSPS) is 10.5. The topological polar surface area (TPSA) is 34.1 Å². The number of aryl methyl sites for hydroxylation is 1. The Hall–Kier alpha value is -1.87. The minimum atomic E-state index is 0.556. The minimum absolute atomic E-state index is 0.556. The molecule has 1 aromatic heterocycles. The van der Waals surface area contributed by atoms with Gasteiger partial charge in [0.2, 0.25) is 0 Å². The monoisotopic (exact) mass is 270 g/mol. The first-order chi connectivity index (χ1) is 9.78. The number of pyridine rings is 1. The van der Waals surface area contributed by atoms with Gasteiger partial charge in [0, 0.05) is 24.5 Å². The summed E-state index contributed by atoms with van der Waals surface area (Å²) < 4.78 is 5.83. The third-order valence-corrected chi connectivity index (χ3v) is 2.99. The average molecular weight is 270 g/mol. The van der Waals surface area contributed by atoms with Crippen molar-refractivity contribution >= 4 is 0 Å². The van der Waals surface area contributed by atoms with Crippen LogP contribution in [0, 0.1) is 6.92 Å². The zero-order valence-electron chi connectivity index (χ0n) is 12.2. The van der Waals surface area contributed by atoms with E-state index in [1.165, 1.54) is 5.56 Å². The van der Waals surface area contributed by atoms with E-state index in [-0.39, 0.29) is 0 Å². The van der Waals surface area contributed by atoms with Gasteiger partial charge in [0.25, 0.3) is 0 Å². The summed E-state index contributed by atoms with van der Waals surface area (Å²) in [7, 11) is 0. The Balaban J connectivity index is 1.91. The van der Waals surface area contributed by atoms with Crippen molar-refractivity contribution in [1.29, 1.82) is 0 Å². The summed E-state index contributed by atoms with van der Waals surface area (Å²) in [4.78, 5) is 4.17. The predicted molar refractivity (Wildman–Crippen MR) is 81.7 cm³/mol. The molecule has 1 heterocycles. The van der Waals surface area contributed by atoms with E-state index in [0.29, 0.717) is 6.61 Å². The SMILES string of the molecule is CCCNCc1cccc(OCc2cncc(C)c2)c1. The maximum atomic E-state index is 5.83. The van der Waals surface area contributed by atoms with Gasteiger partial charge in [-0.1, -0.05) is 19.1 Å². The quantitative estimate of drug-likeness (QED) is 0.782. The largest absolute Gasteiger partial charge is 0.489 e. The molecule has 2 aromatic rings. The molecule has 0 saturated heterocycles. The van der Waals surface area contributed by atoms with Crippen LogP contribution in [0.2, 0.25) is 0 Å². The maximum absolute atomic E-state index is 5.83. The van der Waals surface area contributed by atoms with Crippen molar-refractivity contribution in [1.82, 2.24) is 10.3 Å². The van der Waals surface area contributed by atoms with E-state index >= 15 is 0 Å². The van der Waals surface area contributed by atoms with Crippen LogP contribution in [0.3, 0.4) is 0 Å². The Morgan fingerprint density at radius 2 is 2.05 bits per heavy atom. The third-order valence-electron chi connectivity index (χ3n) is 2.99. The van der Waals surface area contributed by atoms with E-state index in [4.69, 9.17) is 4.74 Å². The van der Waals surface area contributed by atoms with Crippen molar-refractivity contribution < 1.29 is 4.74 Å². The number of hydrogen-bond acceptors (Lipinski definition) is 3. The Kier molecular flexibility index (Phi) is 5.56. The van der Waals surface area contributed by atoms with Gasteiger partial charge in [0.1, 0.15) is 12.4 Å². The van der Waals surface area contributed by atoms with Crippen LogP contribution in [0.4, 0.5) is 0 Å². The molecule has 1 N–H and O–H groups in total. The first-order valence-electron chi connectivity index (χ1n) is 7.11. The van der Waals surface area contributed by atoms with Crippen molar-refractivity contribution in [3.8, 4) is 5.75 Å². The lowest BCUT2D eigenvalue weighted by molar-refractivity contribution is 0.305. The molecule has 0 fully saturated rings. The van der Waals surface area contributed by atoms with E-state index in [9.17, 15) is 0 Å². The molecule has 0 amide bonds. The molecule has 0 atom stereocenters. The van der Waals surface area contributed by atoms with Gasteiger partial charge in [-0.3, -0.25) is 4.98 Å². The fourth-order valence-electron chi connectivity index (χ4n) is 2.02. The summed E-state index contributed by atoms with van der Waals surface area (Å²) in [5.74, 6) is 0.905. The van der Waals surface area contributed by atoms with Crippen LogP contribution >= 0.6 is 0 Å². The molecular weight excluding hydrogens is 248 g/mol. The average Bonchev–Trinajstić information content (AvgIpc) is 2.46. The molecule has 0 spiro atoms. The number of aromatic nitrogens is 1. The van der Waals surface area contributed by atoms with Crippen LogP contribution in [-0.2, 0) is 13.2 Å². The van der Waals surface area contributed by atoms with E-state index < -0.39 is 0 Å². The molecule has 3 heteroatoms. The minimum Gasteiger partial charge on any atom is -0.489 e. The summed E-state index contributed by atoms with van der Waals surface area (Å²) >= 11 is 0. The van der Waals surface area contributed by atoms with Gasteiger partial charge in [0.05, 0.1) is 0 Å². The fourth-order valence-corrected chi connectivity index (χ4v) is 2.02. The highest BCUT2D eigenvalue weighted by Gasteiger charge is 1.99. The van der Waals surface area contributed by atoms with Gasteiger partial charge in [-0.05, 0) is 49.2 Å². The lowest BCUT2D eigenvalue weighted by atomic mass is 10.2. The molecule has 0 aliphatic carbocycles. The molecule has 0 saturated carbocycles. The Labute approximate surface area is 121 Å². The summed E-state index contributed by atoms with van der Waals surface area (Å²) in [6.07, 6.45) is 4.85. The zero-order valence-corrected chi connectivity index (χ0v) is 12.2. The van der Waals surface area contributed by atoms with Crippen molar-refractivity contribution in [3.05, 3.63) is 59.4 Å². The van der Waals surface area contributed by atoms with E-state index in [0.717, 1.165) is 36.4 Å². The highest BCUT2D eigenvalue weighted by Crippen LogP contribution is 2.15. The summed E-state index contributed by atoms with van der Waals surface area (Å²) in [5.41, 5.74) is 3.50. The van der Waals surface area contributed by atoms with E-state index in [1.54, 1.807) is 0 Å². The molecule has 0 aliphatic heterocycles. The standard InChI is InChI=1S/C17H22N2O/c1-3-7-18-11-15-5-4-6-17(9-15)20-13-16-8-14(2)10-19-12-16/h4-6,8-10,12,18H,3,7,11,13H2,1-2H3. The molecule has 0 unspecified atom stereocenters. The number of rotatable bonds is 7. The van der Waals surface area contributed by atoms with Gasteiger partial charge in [-0.25, -0.2) is 0 Å². The van der Waals surface area contributed by atoms with Crippen LogP contribution in [0.15, 0.2) is 42.7 Å². The van der Waals surface area contributed by atoms with Crippen LogP contribution in [-0.4, -0.2) is 11.5 Å². The van der Waals surface area contributed by atoms with Gasteiger partial charge >= 0.3 is 0 Å². The molecule has 3 nitrogen and oxygen atoms in total. The van der Waals surface area contributed by atoms with Crippen LogP contribution < -0.4 is 10.1 Å². The van der Waals surface area contributed by atoms with Crippen molar-refractivity contribution in [3.63, 3.8) is 0 Å². The highest BCUT2D eigenvalue weighted by molar-refractivity contribution is 5.29. The Bertz CT molecular complexity index is 540. The molecule has 0 aliphatic rings. The van der Waals surface area contributed by atoms with E-state index in [2.05, 4.69) is 35.4 Å². The van der Waals surface area contributed by atoms with Gasteiger partial charge < -0.3 is 10.1 Å². The maximum Gasteiger partial charge on any atom is 0.120 e. The Morgan fingerprint density at radius 1 is 1.15 bits per heavy atom. The lowest BCUT2D eigenvalue weighted by Gasteiger charge is -2.09.